The van der Waals surface area contributed by atoms with Gasteiger partial charge in [0.05, 0.1) is 6.04 Å². The molecular formula is C12H15NO2. The lowest BCUT2D eigenvalue weighted by Crippen LogP contribution is -2.34. The first kappa shape index (κ1) is 11.6. The lowest BCUT2D eigenvalue weighted by Gasteiger charge is -2.14. The second-order valence-corrected chi connectivity index (χ2v) is 3.53. The Morgan fingerprint density at radius 3 is 3.07 bits per heavy atom. The van der Waals surface area contributed by atoms with Gasteiger partial charge in [-0.1, -0.05) is 11.8 Å². The van der Waals surface area contributed by atoms with Gasteiger partial charge < -0.3 is 10.1 Å². The number of ether oxygens (including phenoxy) is 1. The van der Waals surface area contributed by atoms with E-state index in [0.717, 1.165) is 26.1 Å². The van der Waals surface area contributed by atoms with Crippen molar-refractivity contribution in [2.45, 2.75) is 25.8 Å². The quantitative estimate of drug-likeness (QED) is 0.683. The Bertz CT molecular complexity index is 313. The maximum atomic E-state index is 11.2. The maximum absolute atomic E-state index is 11.2. The van der Waals surface area contributed by atoms with Crippen LogP contribution in [0.4, 0.5) is 0 Å². The predicted molar refractivity (Wildman–Crippen MR) is 57.8 cm³/mol. The maximum Gasteiger partial charge on any atom is 0.296 e. The van der Waals surface area contributed by atoms with Gasteiger partial charge in [-0.2, -0.15) is 0 Å². The van der Waals surface area contributed by atoms with E-state index in [0.29, 0.717) is 5.92 Å². The summed E-state index contributed by atoms with van der Waals surface area (Å²) in [6.45, 7) is 3.16. The van der Waals surface area contributed by atoms with Gasteiger partial charge in [0.2, 0.25) is 0 Å². The van der Waals surface area contributed by atoms with Crippen LogP contribution >= 0.6 is 0 Å². The van der Waals surface area contributed by atoms with Crippen LogP contribution in [0.3, 0.4) is 0 Å². The Balaban J connectivity index is 2.37. The predicted octanol–water partition coefficient (Wildman–Crippen LogP) is 0.554. The van der Waals surface area contributed by atoms with Crippen LogP contribution in [0.25, 0.3) is 0 Å². The van der Waals surface area contributed by atoms with E-state index in [2.05, 4.69) is 23.1 Å². The average Bonchev–Trinajstić information content (AvgIpc) is 2.70. The van der Waals surface area contributed by atoms with Crippen molar-refractivity contribution in [1.82, 2.24) is 5.32 Å². The summed E-state index contributed by atoms with van der Waals surface area (Å²) < 4.78 is 5.25. The zero-order valence-corrected chi connectivity index (χ0v) is 8.88. The van der Waals surface area contributed by atoms with Crippen LogP contribution in [0.2, 0.25) is 0 Å². The molecular weight excluding hydrogens is 190 g/mol. The van der Waals surface area contributed by atoms with Gasteiger partial charge in [-0.3, -0.25) is 4.79 Å². The van der Waals surface area contributed by atoms with Crippen LogP contribution in [-0.2, 0) is 9.53 Å². The second-order valence-electron chi connectivity index (χ2n) is 3.53. The van der Waals surface area contributed by atoms with Crippen molar-refractivity contribution >= 4 is 5.91 Å². The minimum atomic E-state index is -0.306. The molecule has 1 fully saturated rings. The Hall–Kier alpha value is -1.45. The minimum absolute atomic E-state index is 0.231. The Morgan fingerprint density at radius 2 is 2.53 bits per heavy atom. The monoisotopic (exact) mass is 205 g/mol. The van der Waals surface area contributed by atoms with E-state index in [1.807, 2.05) is 0 Å². The van der Waals surface area contributed by atoms with E-state index in [9.17, 15) is 4.79 Å². The number of hydrogen-bond acceptors (Lipinski definition) is 2. The summed E-state index contributed by atoms with van der Waals surface area (Å²) >= 11 is 0. The molecule has 0 aromatic rings. The Kier molecular flexibility index (Phi) is 4.74. The van der Waals surface area contributed by atoms with Crippen molar-refractivity contribution in [2.75, 3.05) is 13.2 Å². The highest BCUT2D eigenvalue weighted by Gasteiger charge is 2.20. The molecule has 1 saturated heterocycles. The van der Waals surface area contributed by atoms with Gasteiger partial charge in [-0.05, 0) is 31.6 Å². The summed E-state index contributed by atoms with van der Waals surface area (Å²) in [5, 5.41) is 2.69. The molecule has 2 atom stereocenters. The number of hydrogen-bond donors (Lipinski definition) is 1. The Morgan fingerprint density at radius 1 is 1.73 bits per heavy atom. The molecule has 1 aliphatic heterocycles. The normalized spacial score (nSPS) is 20.9. The highest BCUT2D eigenvalue weighted by Crippen LogP contribution is 2.17. The van der Waals surface area contributed by atoms with Crippen molar-refractivity contribution in [3.63, 3.8) is 0 Å². The molecule has 1 N–H and O–H groups in total. The first-order chi connectivity index (χ1) is 7.26. The standard InChI is InChI=1S/C12H15NO2/c1-3-5-12(14)13-11(4-2)8-10-6-7-15-9-10/h2,10-11H,6-9H2,1H3,(H,13,14). The van der Waals surface area contributed by atoms with Crippen molar-refractivity contribution in [2.24, 2.45) is 5.92 Å². The summed E-state index contributed by atoms with van der Waals surface area (Å²) in [7, 11) is 0. The molecule has 0 aromatic carbocycles. The number of terminal acetylenes is 1. The van der Waals surface area contributed by atoms with Gasteiger partial charge in [0.25, 0.3) is 5.91 Å². The van der Waals surface area contributed by atoms with Gasteiger partial charge in [0, 0.05) is 13.2 Å². The number of carbonyl (C=O) groups is 1. The molecule has 1 heterocycles. The van der Waals surface area contributed by atoms with Gasteiger partial charge in [0.15, 0.2) is 0 Å². The van der Waals surface area contributed by atoms with Gasteiger partial charge in [0.1, 0.15) is 0 Å². The third-order valence-corrected chi connectivity index (χ3v) is 2.34. The number of carbonyl (C=O) groups excluding carboxylic acids is 1. The van der Waals surface area contributed by atoms with E-state index < -0.39 is 0 Å². The van der Waals surface area contributed by atoms with E-state index in [1.165, 1.54) is 0 Å². The van der Waals surface area contributed by atoms with Crippen molar-refractivity contribution in [3.05, 3.63) is 0 Å². The number of rotatable bonds is 3. The van der Waals surface area contributed by atoms with Crippen LogP contribution in [0.5, 0.6) is 0 Å². The van der Waals surface area contributed by atoms with Crippen LogP contribution in [0, 0.1) is 30.1 Å². The lowest BCUT2D eigenvalue weighted by molar-refractivity contribution is -0.116. The van der Waals surface area contributed by atoms with E-state index in [-0.39, 0.29) is 11.9 Å². The van der Waals surface area contributed by atoms with Crippen LogP contribution < -0.4 is 5.32 Å². The third kappa shape index (κ3) is 4.06. The molecule has 1 aliphatic rings. The smallest absolute Gasteiger partial charge is 0.296 e. The van der Waals surface area contributed by atoms with Crippen molar-refractivity contribution in [3.8, 4) is 24.2 Å². The van der Waals surface area contributed by atoms with Crippen LogP contribution in [0.15, 0.2) is 0 Å². The van der Waals surface area contributed by atoms with Gasteiger partial charge in [-0.25, -0.2) is 0 Å². The average molecular weight is 205 g/mol. The number of amides is 1. The van der Waals surface area contributed by atoms with Crippen molar-refractivity contribution in [1.29, 1.82) is 0 Å². The SMILES string of the molecule is C#CC(CC1CCOC1)NC(=O)C#CC. The summed E-state index contributed by atoms with van der Waals surface area (Å²) in [5.74, 6) is 7.66. The zero-order chi connectivity index (χ0) is 11.1. The van der Waals surface area contributed by atoms with E-state index in [4.69, 9.17) is 11.2 Å². The molecule has 2 unspecified atom stereocenters. The fourth-order valence-electron chi connectivity index (χ4n) is 1.58. The third-order valence-electron chi connectivity index (χ3n) is 2.34. The number of nitrogens with one attached hydrogen (secondary N) is 1. The molecule has 0 spiro atoms. The van der Waals surface area contributed by atoms with Gasteiger partial charge in [-0.15, -0.1) is 6.42 Å². The molecule has 3 heteroatoms. The summed E-state index contributed by atoms with van der Waals surface area (Å²) in [4.78, 5) is 11.2. The van der Waals surface area contributed by atoms with E-state index in [1.54, 1.807) is 6.92 Å². The zero-order valence-electron chi connectivity index (χ0n) is 8.88. The lowest BCUT2D eigenvalue weighted by atomic mass is 9.99. The highest BCUT2D eigenvalue weighted by atomic mass is 16.5. The highest BCUT2D eigenvalue weighted by molar-refractivity contribution is 5.93. The molecule has 1 amide bonds. The first-order valence-corrected chi connectivity index (χ1v) is 5.03. The molecule has 0 bridgehead atoms. The molecule has 0 aromatic heterocycles. The molecule has 80 valence electrons. The van der Waals surface area contributed by atoms with Crippen LogP contribution in [0.1, 0.15) is 19.8 Å². The fourth-order valence-corrected chi connectivity index (χ4v) is 1.58. The van der Waals surface area contributed by atoms with Crippen LogP contribution in [-0.4, -0.2) is 25.2 Å². The summed E-state index contributed by atoms with van der Waals surface area (Å²) in [6.07, 6.45) is 7.13. The van der Waals surface area contributed by atoms with E-state index >= 15 is 0 Å². The molecule has 0 aliphatic carbocycles. The fraction of sp³-hybridized carbons (Fsp3) is 0.583. The van der Waals surface area contributed by atoms with Gasteiger partial charge >= 0.3 is 0 Å². The first-order valence-electron chi connectivity index (χ1n) is 5.03. The van der Waals surface area contributed by atoms with Crippen molar-refractivity contribution < 1.29 is 9.53 Å². The Labute approximate surface area is 90.6 Å². The molecule has 1 rings (SSSR count). The molecule has 15 heavy (non-hydrogen) atoms. The molecule has 0 radical (unpaired) electrons. The summed E-state index contributed by atoms with van der Waals surface area (Å²) in [5.41, 5.74) is 0. The molecule has 0 saturated carbocycles. The largest absolute Gasteiger partial charge is 0.381 e. The summed E-state index contributed by atoms with van der Waals surface area (Å²) in [6, 6.07) is -0.231. The second kappa shape index (κ2) is 6.11. The minimum Gasteiger partial charge on any atom is -0.381 e. The molecule has 3 nitrogen and oxygen atoms in total. The topological polar surface area (TPSA) is 38.3 Å².